The highest BCUT2D eigenvalue weighted by Gasteiger charge is 2.07. The van der Waals surface area contributed by atoms with Crippen LogP contribution in [-0.4, -0.2) is 34.9 Å². The highest BCUT2D eigenvalue weighted by molar-refractivity contribution is 5.73. The Labute approximate surface area is 124 Å². The van der Waals surface area contributed by atoms with Gasteiger partial charge in [0.25, 0.3) is 0 Å². The Hall–Kier alpha value is -2.27. The van der Waals surface area contributed by atoms with E-state index in [-0.39, 0.29) is 12.6 Å². The van der Waals surface area contributed by atoms with E-state index in [9.17, 15) is 9.90 Å². The minimum atomic E-state index is -0.581. The molecule has 0 radical (unpaired) electrons. The zero-order valence-corrected chi connectivity index (χ0v) is 11.9. The van der Waals surface area contributed by atoms with Crippen molar-refractivity contribution in [3.63, 3.8) is 0 Å². The first-order chi connectivity index (χ1) is 10.2. The van der Waals surface area contributed by atoms with E-state index >= 15 is 0 Å². The summed E-state index contributed by atoms with van der Waals surface area (Å²) in [4.78, 5) is 11.6. The van der Waals surface area contributed by atoms with E-state index in [2.05, 4.69) is 10.6 Å². The van der Waals surface area contributed by atoms with Crippen molar-refractivity contribution >= 4 is 6.03 Å². The third kappa shape index (κ3) is 5.71. The van der Waals surface area contributed by atoms with Crippen LogP contribution in [0, 0.1) is 0 Å². The maximum absolute atomic E-state index is 11.6. The highest BCUT2D eigenvalue weighted by atomic mass is 16.3. The lowest BCUT2D eigenvalue weighted by molar-refractivity contribution is 0.170. The van der Waals surface area contributed by atoms with Gasteiger partial charge in [-0.05, 0) is 17.7 Å². The van der Waals surface area contributed by atoms with Gasteiger partial charge < -0.3 is 20.3 Å². The number of hydrogen-bond donors (Lipinski definition) is 3. The quantitative estimate of drug-likeness (QED) is 0.720. The topological polar surface area (TPSA) is 66.3 Å². The first-order valence-electron chi connectivity index (χ1n) is 7.08. The van der Waals surface area contributed by atoms with E-state index in [0.29, 0.717) is 13.0 Å². The monoisotopic (exact) mass is 287 g/mol. The number of amides is 2. The molecule has 0 saturated carbocycles. The first-order valence-corrected chi connectivity index (χ1v) is 7.08. The number of hydrogen-bond acceptors (Lipinski definition) is 2. The van der Waals surface area contributed by atoms with Crippen molar-refractivity contribution in [1.82, 2.24) is 15.2 Å². The summed E-state index contributed by atoms with van der Waals surface area (Å²) >= 11 is 0. The maximum atomic E-state index is 11.6. The molecular formula is C16H21N3O2. The predicted octanol–water partition coefficient (Wildman–Crippen LogP) is 1.39. The van der Waals surface area contributed by atoms with Crippen molar-refractivity contribution < 1.29 is 9.90 Å². The molecule has 0 saturated heterocycles. The van der Waals surface area contributed by atoms with Crippen LogP contribution >= 0.6 is 0 Å². The lowest BCUT2D eigenvalue weighted by Gasteiger charge is -2.13. The fraction of sp³-hybridized carbons (Fsp3) is 0.312. The van der Waals surface area contributed by atoms with Crippen LogP contribution in [0.25, 0.3) is 0 Å². The van der Waals surface area contributed by atoms with Crippen molar-refractivity contribution in [2.75, 3.05) is 13.1 Å². The van der Waals surface area contributed by atoms with E-state index in [0.717, 1.165) is 12.1 Å². The average molecular weight is 287 g/mol. The molecule has 1 aromatic carbocycles. The molecule has 1 heterocycles. The Morgan fingerprint density at radius 1 is 1.10 bits per heavy atom. The molecule has 1 aromatic heterocycles. The second-order valence-corrected chi connectivity index (χ2v) is 4.90. The normalized spacial score (nSPS) is 11.9. The molecule has 5 heteroatoms. The summed E-state index contributed by atoms with van der Waals surface area (Å²) in [5, 5.41) is 15.3. The SMILES string of the molecule is O=C(NCCn1cccc1)NCC(O)Cc1ccccc1. The molecular weight excluding hydrogens is 266 g/mol. The molecule has 2 aromatic rings. The Balaban J connectivity index is 1.60. The number of rotatable bonds is 7. The van der Waals surface area contributed by atoms with Crippen LogP contribution in [0.1, 0.15) is 5.56 Å². The van der Waals surface area contributed by atoms with Gasteiger partial charge in [-0.25, -0.2) is 4.79 Å². The molecule has 0 aliphatic rings. The van der Waals surface area contributed by atoms with Gasteiger partial charge in [0.1, 0.15) is 0 Å². The van der Waals surface area contributed by atoms with E-state index in [1.165, 1.54) is 0 Å². The van der Waals surface area contributed by atoms with Crippen LogP contribution in [0.15, 0.2) is 54.9 Å². The number of carbonyl (C=O) groups excluding carboxylic acids is 1. The van der Waals surface area contributed by atoms with Gasteiger partial charge in [0.2, 0.25) is 0 Å². The van der Waals surface area contributed by atoms with Gasteiger partial charge in [-0.1, -0.05) is 30.3 Å². The zero-order chi connectivity index (χ0) is 14.9. The van der Waals surface area contributed by atoms with Crippen molar-refractivity contribution in [3.8, 4) is 0 Å². The molecule has 2 amide bonds. The van der Waals surface area contributed by atoms with Crippen LogP contribution in [0.2, 0.25) is 0 Å². The molecule has 112 valence electrons. The van der Waals surface area contributed by atoms with Gasteiger partial charge >= 0.3 is 6.03 Å². The van der Waals surface area contributed by atoms with Crippen LogP contribution in [0.3, 0.4) is 0 Å². The van der Waals surface area contributed by atoms with Crippen molar-refractivity contribution in [3.05, 3.63) is 60.4 Å². The second kappa shape index (κ2) is 8.11. The van der Waals surface area contributed by atoms with Gasteiger partial charge in [0, 0.05) is 38.4 Å². The summed E-state index contributed by atoms with van der Waals surface area (Å²) in [6, 6.07) is 13.4. The van der Waals surface area contributed by atoms with Gasteiger partial charge in [-0.15, -0.1) is 0 Å². The molecule has 0 fully saturated rings. The number of benzene rings is 1. The van der Waals surface area contributed by atoms with E-state index in [1.807, 2.05) is 59.4 Å². The summed E-state index contributed by atoms with van der Waals surface area (Å²) in [7, 11) is 0. The molecule has 21 heavy (non-hydrogen) atoms. The van der Waals surface area contributed by atoms with Gasteiger partial charge in [-0.2, -0.15) is 0 Å². The van der Waals surface area contributed by atoms with Crippen molar-refractivity contribution in [1.29, 1.82) is 0 Å². The van der Waals surface area contributed by atoms with Gasteiger partial charge in [0.15, 0.2) is 0 Å². The summed E-state index contributed by atoms with van der Waals surface area (Å²) in [6.45, 7) is 1.52. The number of carbonyl (C=O) groups is 1. The van der Waals surface area contributed by atoms with Gasteiger partial charge in [0.05, 0.1) is 6.10 Å². The van der Waals surface area contributed by atoms with Crippen LogP contribution < -0.4 is 10.6 Å². The summed E-state index contributed by atoms with van der Waals surface area (Å²) in [5.74, 6) is 0. The smallest absolute Gasteiger partial charge is 0.314 e. The Morgan fingerprint density at radius 3 is 2.52 bits per heavy atom. The van der Waals surface area contributed by atoms with Crippen LogP contribution in [0.4, 0.5) is 4.79 Å². The Morgan fingerprint density at radius 2 is 1.81 bits per heavy atom. The zero-order valence-electron chi connectivity index (χ0n) is 11.9. The number of aliphatic hydroxyl groups excluding tert-OH is 1. The van der Waals surface area contributed by atoms with E-state index < -0.39 is 6.10 Å². The lowest BCUT2D eigenvalue weighted by atomic mass is 10.1. The van der Waals surface area contributed by atoms with E-state index in [4.69, 9.17) is 0 Å². The fourth-order valence-corrected chi connectivity index (χ4v) is 2.05. The summed E-state index contributed by atoms with van der Waals surface area (Å²) < 4.78 is 1.99. The first kappa shape index (κ1) is 15.1. The third-order valence-electron chi connectivity index (χ3n) is 3.13. The molecule has 2 rings (SSSR count). The maximum Gasteiger partial charge on any atom is 0.314 e. The Bertz CT molecular complexity index is 526. The number of nitrogens with zero attached hydrogens (tertiary/aromatic N) is 1. The summed E-state index contributed by atoms with van der Waals surface area (Å²) in [6.07, 6.45) is 3.85. The van der Waals surface area contributed by atoms with Crippen LogP contribution in [0.5, 0.6) is 0 Å². The number of nitrogens with one attached hydrogen (secondary N) is 2. The molecule has 0 aliphatic heterocycles. The number of urea groups is 1. The molecule has 1 atom stereocenters. The lowest BCUT2D eigenvalue weighted by Crippen LogP contribution is -2.41. The molecule has 5 nitrogen and oxygen atoms in total. The second-order valence-electron chi connectivity index (χ2n) is 4.90. The third-order valence-corrected chi connectivity index (χ3v) is 3.13. The molecule has 1 unspecified atom stereocenters. The molecule has 0 aliphatic carbocycles. The number of aromatic nitrogens is 1. The highest BCUT2D eigenvalue weighted by Crippen LogP contribution is 2.02. The Kier molecular flexibility index (Phi) is 5.84. The molecule has 0 spiro atoms. The largest absolute Gasteiger partial charge is 0.391 e. The number of aliphatic hydroxyl groups is 1. The fourth-order valence-electron chi connectivity index (χ4n) is 2.05. The van der Waals surface area contributed by atoms with E-state index in [1.54, 1.807) is 0 Å². The minimum absolute atomic E-state index is 0.240. The van der Waals surface area contributed by atoms with Crippen molar-refractivity contribution in [2.24, 2.45) is 0 Å². The minimum Gasteiger partial charge on any atom is -0.391 e. The summed E-state index contributed by atoms with van der Waals surface area (Å²) in [5.41, 5.74) is 1.06. The van der Waals surface area contributed by atoms with Gasteiger partial charge in [-0.3, -0.25) is 0 Å². The standard InChI is InChI=1S/C16H21N3O2/c20-15(12-14-6-2-1-3-7-14)13-18-16(21)17-8-11-19-9-4-5-10-19/h1-7,9-10,15,20H,8,11-13H2,(H2,17,18,21). The predicted molar refractivity (Wildman–Crippen MR) is 82.0 cm³/mol. The molecule has 0 bridgehead atoms. The van der Waals surface area contributed by atoms with Crippen molar-refractivity contribution in [2.45, 2.75) is 19.1 Å². The average Bonchev–Trinajstić information content (AvgIpc) is 2.99. The molecule has 3 N–H and O–H groups in total. The van der Waals surface area contributed by atoms with Crippen LogP contribution in [-0.2, 0) is 13.0 Å².